The average molecular weight is 204 g/mol. The Labute approximate surface area is 74.3 Å². The molecule has 5 N–H and O–H groups in total. The van der Waals surface area contributed by atoms with Crippen LogP contribution < -0.4 is 17.6 Å². The normalized spacial score (nSPS) is 10.5. The molecule has 0 amide bonds. The van der Waals surface area contributed by atoms with Gasteiger partial charge in [0, 0.05) is 12.2 Å². The Morgan fingerprint density at radius 3 is 2.23 bits per heavy atom. The van der Waals surface area contributed by atoms with Gasteiger partial charge in [0.15, 0.2) is 5.03 Å². The van der Waals surface area contributed by atoms with Crippen LogP contribution in [0, 0.1) is 0 Å². The molecule has 0 aliphatic rings. The van der Waals surface area contributed by atoms with Gasteiger partial charge in [-0.15, -0.1) is 0 Å². The van der Waals surface area contributed by atoms with Gasteiger partial charge in [0.25, 0.3) is 0 Å². The summed E-state index contributed by atoms with van der Waals surface area (Å²) in [6.07, 6.45) is 0. The Kier molecular flexibility index (Phi) is 3.12. The molecule has 0 aromatic carbocycles. The highest BCUT2D eigenvalue weighted by atomic mass is 32.2. The summed E-state index contributed by atoms with van der Waals surface area (Å²) in [5.41, 5.74) is 10.2. The third kappa shape index (κ3) is 2.82. The zero-order valence-electron chi connectivity index (χ0n) is 6.25. The summed E-state index contributed by atoms with van der Waals surface area (Å²) in [5, 5.41) is -0.604. The molecule has 0 saturated heterocycles. The van der Waals surface area contributed by atoms with Gasteiger partial charge in [0.05, 0.1) is 0 Å². The van der Waals surface area contributed by atoms with Crippen molar-refractivity contribution < 1.29 is 13.0 Å². The van der Waals surface area contributed by atoms with E-state index in [1.807, 2.05) is 0 Å². The summed E-state index contributed by atoms with van der Waals surface area (Å²) >= 11 is 0. The van der Waals surface area contributed by atoms with E-state index < -0.39 is 15.1 Å². The minimum Gasteiger partial charge on any atom is -0.383 e. The summed E-state index contributed by atoms with van der Waals surface area (Å²) in [7, 11) is -4.36. The molecule has 3 radical (unpaired) electrons. The predicted molar refractivity (Wildman–Crippen MR) is 42.8 cm³/mol. The fourth-order valence-electron chi connectivity index (χ4n) is 0.593. The first-order chi connectivity index (χ1) is 5.39. The molecule has 0 unspecified atom stereocenters. The Hall–Kier alpha value is -1.45. The van der Waals surface area contributed by atoms with E-state index in [1.54, 1.807) is 0 Å². The molecule has 9 heteroatoms. The molecule has 0 bridgehead atoms. The van der Waals surface area contributed by atoms with E-state index in [2.05, 4.69) is 9.97 Å². The lowest BCUT2D eigenvalue weighted by atomic mass is 10.6. The molecule has 1 aromatic heterocycles. The molecule has 0 aliphatic heterocycles. The van der Waals surface area contributed by atoms with E-state index in [4.69, 9.17) is 16.0 Å². The topological polar surface area (TPSA) is 163 Å². The molecular weight excluding hydrogens is 198 g/mol. The highest BCUT2D eigenvalue weighted by Gasteiger charge is 2.12. The summed E-state index contributed by atoms with van der Waals surface area (Å²) in [4.78, 5) is 6.67. The molecule has 1 heterocycles. The first-order valence-electron chi connectivity index (χ1n) is 2.77. The number of nitrogens with two attached hydrogens (primary N) is 2. The van der Waals surface area contributed by atoms with Crippen LogP contribution >= 0.6 is 0 Å². The van der Waals surface area contributed by atoms with Crippen molar-refractivity contribution in [2.75, 3.05) is 11.5 Å². The summed E-state index contributed by atoms with van der Waals surface area (Å²) in [5.74, 6) is -0.419. The van der Waals surface area contributed by atoms with Crippen molar-refractivity contribution >= 4 is 21.9 Å². The number of hydrogen-bond acceptors (Lipinski definition) is 6. The standard InChI is InChI=1S/C4H6N4O3S.N/c5-2-1-3(12(9,10)11)8-4(6)7-2;/h1H,(H,9,10,11)(H4,5,6,7,8);. The van der Waals surface area contributed by atoms with Crippen LogP contribution in [0.25, 0.3) is 0 Å². The van der Waals surface area contributed by atoms with Crippen LogP contribution in [0.15, 0.2) is 11.1 Å². The first kappa shape index (κ1) is 11.6. The van der Waals surface area contributed by atoms with Crippen LogP contribution in [0.3, 0.4) is 0 Å². The van der Waals surface area contributed by atoms with E-state index in [1.165, 1.54) is 0 Å². The van der Waals surface area contributed by atoms with Crippen LogP contribution in [0.5, 0.6) is 0 Å². The van der Waals surface area contributed by atoms with Gasteiger partial charge in [0.1, 0.15) is 5.82 Å². The van der Waals surface area contributed by atoms with Gasteiger partial charge in [-0.25, -0.2) is 0 Å². The number of hydrogen-bond donors (Lipinski definition) is 3. The third-order valence-corrected chi connectivity index (χ3v) is 1.74. The van der Waals surface area contributed by atoms with Crippen molar-refractivity contribution in [2.45, 2.75) is 5.03 Å². The molecular formula is C4H6N5O3S. The number of rotatable bonds is 1. The number of anilines is 2. The lowest BCUT2D eigenvalue weighted by molar-refractivity contribution is 0.479. The molecule has 1 rings (SSSR count). The lowest BCUT2D eigenvalue weighted by Gasteiger charge is -1.98. The molecule has 0 fully saturated rings. The minimum atomic E-state index is -4.36. The van der Waals surface area contributed by atoms with Gasteiger partial charge in [-0.1, -0.05) is 0 Å². The summed E-state index contributed by atoms with van der Waals surface area (Å²) in [6, 6.07) is 0.908. The smallest absolute Gasteiger partial charge is 0.312 e. The Morgan fingerprint density at radius 1 is 1.31 bits per heavy atom. The minimum absolute atomic E-state index is 0. The molecule has 1 aromatic rings. The number of nitrogen functional groups attached to an aromatic ring is 2. The maximum absolute atomic E-state index is 10.5. The maximum Gasteiger partial charge on any atom is 0.312 e. The molecule has 0 aliphatic carbocycles. The van der Waals surface area contributed by atoms with Gasteiger partial charge in [-0.05, 0) is 0 Å². The van der Waals surface area contributed by atoms with E-state index in [-0.39, 0.29) is 17.9 Å². The second-order valence-electron chi connectivity index (χ2n) is 1.96. The zero-order chi connectivity index (χ0) is 9.35. The number of nitrogens with zero attached hydrogens (tertiary/aromatic N) is 3. The Morgan fingerprint density at radius 2 is 1.85 bits per heavy atom. The van der Waals surface area contributed by atoms with Gasteiger partial charge in [-0.2, -0.15) is 18.4 Å². The molecule has 13 heavy (non-hydrogen) atoms. The Bertz CT molecular complexity index is 382. The SMILES string of the molecule is Nc1cc(S(=O)(=O)O)nc(N)n1.[N]. The van der Waals surface area contributed by atoms with Crippen molar-refractivity contribution in [2.24, 2.45) is 0 Å². The molecule has 71 valence electrons. The summed E-state index contributed by atoms with van der Waals surface area (Å²) < 4.78 is 29.5. The predicted octanol–water partition coefficient (Wildman–Crippen LogP) is -1.59. The Balaban J connectivity index is 0.00000144. The van der Waals surface area contributed by atoms with E-state index in [0.717, 1.165) is 6.07 Å². The van der Waals surface area contributed by atoms with Crippen LogP contribution in [-0.2, 0) is 10.1 Å². The highest BCUT2D eigenvalue weighted by Crippen LogP contribution is 2.09. The maximum atomic E-state index is 10.5. The first-order valence-corrected chi connectivity index (χ1v) is 4.21. The van der Waals surface area contributed by atoms with Gasteiger partial charge < -0.3 is 11.5 Å². The highest BCUT2D eigenvalue weighted by molar-refractivity contribution is 7.85. The van der Waals surface area contributed by atoms with E-state index >= 15 is 0 Å². The number of aromatic nitrogens is 2. The van der Waals surface area contributed by atoms with E-state index in [0.29, 0.717) is 0 Å². The largest absolute Gasteiger partial charge is 0.383 e. The second-order valence-corrected chi connectivity index (χ2v) is 3.33. The van der Waals surface area contributed by atoms with E-state index in [9.17, 15) is 8.42 Å². The van der Waals surface area contributed by atoms with Crippen molar-refractivity contribution in [3.05, 3.63) is 6.07 Å². The fourth-order valence-corrected chi connectivity index (χ4v) is 1.07. The lowest BCUT2D eigenvalue weighted by Crippen LogP contribution is -2.07. The molecule has 0 saturated carbocycles. The van der Waals surface area contributed by atoms with Crippen LogP contribution in [0.2, 0.25) is 0 Å². The molecule has 8 nitrogen and oxygen atoms in total. The third-order valence-electron chi connectivity index (χ3n) is 1.00. The van der Waals surface area contributed by atoms with Gasteiger partial charge >= 0.3 is 10.1 Å². The van der Waals surface area contributed by atoms with Crippen LogP contribution in [-0.4, -0.2) is 22.9 Å². The van der Waals surface area contributed by atoms with Crippen molar-refractivity contribution in [1.82, 2.24) is 16.1 Å². The van der Waals surface area contributed by atoms with Gasteiger partial charge in [0.2, 0.25) is 5.95 Å². The monoisotopic (exact) mass is 204 g/mol. The van der Waals surface area contributed by atoms with Crippen molar-refractivity contribution in [1.29, 1.82) is 0 Å². The van der Waals surface area contributed by atoms with Crippen molar-refractivity contribution in [3.63, 3.8) is 0 Å². The second kappa shape index (κ2) is 3.51. The van der Waals surface area contributed by atoms with Crippen molar-refractivity contribution in [3.8, 4) is 0 Å². The van der Waals surface area contributed by atoms with Crippen LogP contribution in [0.1, 0.15) is 0 Å². The van der Waals surface area contributed by atoms with Gasteiger partial charge in [-0.3, -0.25) is 4.55 Å². The summed E-state index contributed by atoms with van der Waals surface area (Å²) in [6.45, 7) is 0. The average Bonchev–Trinajstić information content (AvgIpc) is 1.82. The molecule has 0 atom stereocenters. The van der Waals surface area contributed by atoms with Crippen LogP contribution in [0.4, 0.5) is 11.8 Å². The quantitative estimate of drug-likeness (QED) is 0.366. The molecule has 0 spiro atoms. The fraction of sp³-hybridized carbons (Fsp3) is 0. The zero-order valence-corrected chi connectivity index (χ0v) is 7.06.